The third-order valence-corrected chi connectivity index (χ3v) is 5.20. The summed E-state index contributed by atoms with van der Waals surface area (Å²) in [6, 6.07) is 10.4. The van der Waals surface area contributed by atoms with Gasteiger partial charge in [0, 0.05) is 11.7 Å². The van der Waals surface area contributed by atoms with Gasteiger partial charge < -0.3 is 0 Å². The molecule has 1 aromatic carbocycles. The number of hydrogen-bond acceptors (Lipinski definition) is 4. The van der Waals surface area contributed by atoms with Gasteiger partial charge in [0.05, 0.1) is 5.71 Å². The van der Waals surface area contributed by atoms with Crippen molar-refractivity contribution in [1.29, 1.82) is 0 Å². The Morgan fingerprint density at radius 3 is 2.62 bits per heavy atom. The molecule has 1 saturated carbocycles. The number of benzene rings is 1. The van der Waals surface area contributed by atoms with Gasteiger partial charge in [-0.3, -0.25) is 0 Å². The second-order valence-corrected chi connectivity index (χ2v) is 6.63. The summed E-state index contributed by atoms with van der Waals surface area (Å²) in [4.78, 5) is 0. The number of hydrogen-bond donors (Lipinski definition) is 0. The van der Waals surface area contributed by atoms with Gasteiger partial charge in [0.25, 0.3) is 0 Å². The van der Waals surface area contributed by atoms with E-state index in [0.717, 1.165) is 22.4 Å². The predicted molar refractivity (Wildman–Crippen MR) is 84.9 cm³/mol. The molecule has 0 amide bonds. The number of nitrogens with zero attached hydrogens (tertiary/aromatic N) is 4. The Balaban J connectivity index is 1.70. The molecule has 2 heterocycles. The highest BCUT2D eigenvalue weighted by Crippen LogP contribution is 2.34. The molecular weight excluding hydrogens is 280 g/mol. The molecule has 0 N–H and O–H groups in total. The normalized spacial score (nSPS) is 19.1. The Hall–Kier alpha value is -1.62. The monoisotopic (exact) mass is 298 g/mol. The lowest BCUT2D eigenvalue weighted by Crippen LogP contribution is -2.17. The Morgan fingerprint density at radius 1 is 1.00 bits per heavy atom. The standard InChI is InChI=1S/C16H18N4S/c1-3-7-12(8-4-1)14-11-21-16-18-17-15(20(16)19-14)13-9-5-2-6-10-13/h1,3-4,7-8,13H,2,5-6,9-11H2. The maximum Gasteiger partial charge on any atom is 0.212 e. The van der Waals surface area contributed by atoms with Crippen molar-refractivity contribution in [3.8, 4) is 0 Å². The van der Waals surface area contributed by atoms with Gasteiger partial charge in [-0.05, 0) is 18.4 Å². The SMILES string of the molecule is c1ccc(C2=Nn3c(nnc3C3CCCCC3)SC2)cc1. The first kappa shape index (κ1) is 13.1. The number of fused-ring (bicyclic) bond motifs is 1. The average Bonchev–Trinajstić information content (AvgIpc) is 2.99. The molecule has 4 rings (SSSR count). The van der Waals surface area contributed by atoms with Crippen molar-refractivity contribution in [2.24, 2.45) is 5.10 Å². The van der Waals surface area contributed by atoms with Gasteiger partial charge in [-0.1, -0.05) is 61.4 Å². The molecule has 0 bridgehead atoms. The zero-order valence-electron chi connectivity index (χ0n) is 11.9. The van der Waals surface area contributed by atoms with Crippen LogP contribution in [0, 0.1) is 0 Å². The predicted octanol–water partition coefficient (Wildman–Crippen LogP) is 3.68. The molecule has 5 heteroatoms. The minimum Gasteiger partial charge on any atom is -0.191 e. The lowest BCUT2D eigenvalue weighted by molar-refractivity contribution is 0.417. The highest BCUT2D eigenvalue weighted by Gasteiger charge is 2.26. The molecular formula is C16H18N4S. The van der Waals surface area contributed by atoms with E-state index in [1.807, 2.05) is 10.7 Å². The highest BCUT2D eigenvalue weighted by atomic mass is 32.2. The van der Waals surface area contributed by atoms with E-state index in [4.69, 9.17) is 5.10 Å². The summed E-state index contributed by atoms with van der Waals surface area (Å²) < 4.78 is 1.99. The molecule has 1 aliphatic heterocycles. The molecule has 4 nitrogen and oxygen atoms in total. The number of thioether (sulfide) groups is 1. The van der Waals surface area contributed by atoms with E-state index < -0.39 is 0 Å². The van der Waals surface area contributed by atoms with Crippen LogP contribution in [0.2, 0.25) is 0 Å². The van der Waals surface area contributed by atoms with Crippen LogP contribution in [0.4, 0.5) is 0 Å². The zero-order chi connectivity index (χ0) is 14.1. The first-order valence-electron chi connectivity index (χ1n) is 7.63. The minimum atomic E-state index is 0.527. The minimum absolute atomic E-state index is 0.527. The van der Waals surface area contributed by atoms with Crippen molar-refractivity contribution < 1.29 is 0 Å². The van der Waals surface area contributed by atoms with Crippen LogP contribution in [0.15, 0.2) is 40.6 Å². The molecule has 2 aromatic rings. The van der Waals surface area contributed by atoms with Crippen molar-refractivity contribution in [2.75, 3.05) is 5.75 Å². The van der Waals surface area contributed by atoms with Gasteiger partial charge in [-0.15, -0.1) is 10.2 Å². The fourth-order valence-electron chi connectivity index (χ4n) is 3.13. The Bertz CT molecular complexity index is 656. The molecule has 0 atom stereocenters. The molecule has 2 aliphatic rings. The number of rotatable bonds is 2. The third kappa shape index (κ3) is 2.50. The van der Waals surface area contributed by atoms with Crippen LogP contribution in [0.3, 0.4) is 0 Å². The van der Waals surface area contributed by atoms with Crippen LogP contribution in [0.1, 0.15) is 49.4 Å². The molecule has 108 valence electrons. The Labute approximate surface area is 128 Å². The van der Waals surface area contributed by atoms with Gasteiger partial charge >= 0.3 is 0 Å². The van der Waals surface area contributed by atoms with E-state index in [1.54, 1.807) is 11.8 Å². The van der Waals surface area contributed by atoms with Crippen LogP contribution in [0.5, 0.6) is 0 Å². The fraction of sp³-hybridized carbons (Fsp3) is 0.438. The van der Waals surface area contributed by atoms with E-state index in [1.165, 1.54) is 37.7 Å². The van der Waals surface area contributed by atoms with Crippen LogP contribution in [-0.4, -0.2) is 26.3 Å². The zero-order valence-corrected chi connectivity index (χ0v) is 12.7. The molecule has 0 saturated heterocycles. The Morgan fingerprint density at radius 2 is 1.81 bits per heavy atom. The summed E-state index contributed by atoms with van der Waals surface area (Å²) in [5.74, 6) is 2.46. The van der Waals surface area contributed by atoms with Crippen LogP contribution < -0.4 is 0 Å². The van der Waals surface area contributed by atoms with E-state index in [9.17, 15) is 0 Å². The summed E-state index contributed by atoms with van der Waals surface area (Å²) in [6.45, 7) is 0. The molecule has 1 fully saturated rings. The smallest absolute Gasteiger partial charge is 0.191 e. The summed E-state index contributed by atoms with van der Waals surface area (Å²) >= 11 is 1.74. The summed E-state index contributed by atoms with van der Waals surface area (Å²) in [6.07, 6.45) is 6.40. The molecule has 21 heavy (non-hydrogen) atoms. The third-order valence-electron chi connectivity index (χ3n) is 4.27. The topological polar surface area (TPSA) is 43.1 Å². The Kier molecular flexibility index (Phi) is 3.51. The molecule has 1 aromatic heterocycles. The van der Waals surface area contributed by atoms with Crippen molar-refractivity contribution in [1.82, 2.24) is 14.9 Å². The highest BCUT2D eigenvalue weighted by molar-refractivity contribution is 7.99. The maximum atomic E-state index is 4.84. The number of aromatic nitrogens is 3. The summed E-state index contributed by atoms with van der Waals surface area (Å²) in [5, 5.41) is 14.5. The van der Waals surface area contributed by atoms with Gasteiger partial charge in [0.2, 0.25) is 5.16 Å². The van der Waals surface area contributed by atoms with E-state index in [2.05, 4.69) is 34.5 Å². The second-order valence-electron chi connectivity index (χ2n) is 5.69. The van der Waals surface area contributed by atoms with Gasteiger partial charge in [0.15, 0.2) is 5.82 Å². The molecule has 1 aliphatic carbocycles. The summed E-state index contributed by atoms with van der Waals surface area (Å²) in [5.41, 5.74) is 2.31. The van der Waals surface area contributed by atoms with Crippen LogP contribution in [-0.2, 0) is 0 Å². The first-order chi connectivity index (χ1) is 10.4. The van der Waals surface area contributed by atoms with Gasteiger partial charge in [-0.25, -0.2) is 0 Å². The lowest BCUT2D eigenvalue weighted by Gasteiger charge is -2.21. The van der Waals surface area contributed by atoms with Crippen molar-refractivity contribution in [3.63, 3.8) is 0 Å². The van der Waals surface area contributed by atoms with Gasteiger partial charge in [-0.2, -0.15) is 9.78 Å². The molecule has 0 radical (unpaired) electrons. The molecule has 0 unspecified atom stereocenters. The van der Waals surface area contributed by atoms with Crippen molar-refractivity contribution >= 4 is 17.5 Å². The molecule has 0 spiro atoms. The first-order valence-corrected chi connectivity index (χ1v) is 8.62. The van der Waals surface area contributed by atoms with E-state index in [0.29, 0.717) is 5.92 Å². The average molecular weight is 298 g/mol. The van der Waals surface area contributed by atoms with E-state index >= 15 is 0 Å². The van der Waals surface area contributed by atoms with Crippen LogP contribution >= 0.6 is 11.8 Å². The quantitative estimate of drug-likeness (QED) is 0.849. The largest absolute Gasteiger partial charge is 0.212 e. The van der Waals surface area contributed by atoms with Crippen LogP contribution in [0.25, 0.3) is 0 Å². The maximum absolute atomic E-state index is 4.84. The fourth-order valence-corrected chi connectivity index (χ4v) is 3.98. The van der Waals surface area contributed by atoms with E-state index in [-0.39, 0.29) is 0 Å². The van der Waals surface area contributed by atoms with Crippen molar-refractivity contribution in [2.45, 2.75) is 43.2 Å². The second kappa shape index (κ2) is 5.64. The van der Waals surface area contributed by atoms with Gasteiger partial charge in [0.1, 0.15) is 0 Å². The van der Waals surface area contributed by atoms with Crippen molar-refractivity contribution in [3.05, 3.63) is 41.7 Å². The summed E-state index contributed by atoms with van der Waals surface area (Å²) in [7, 11) is 0. The lowest BCUT2D eigenvalue weighted by atomic mass is 9.89.